The number of rotatable bonds is 3. The smallest absolute Gasteiger partial charge is 0.128 e. The maximum absolute atomic E-state index is 14.2. The Morgan fingerprint density at radius 2 is 2.11 bits per heavy atom. The molecule has 2 aliphatic rings. The average molecular weight is 327 g/mol. The Balaban J connectivity index is 1.97. The summed E-state index contributed by atoms with van der Waals surface area (Å²) in [6.07, 6.45) is 4.80. The number of hydrogen-bond acceptors (Lipinski definition) is 2. The van der Waals surface area contributed by atoms with E-state index in [0.29, 0.717) is 18.5 Å². The standard InChI is InChI=1S/C15H20BrFN2/c16-11-3-6-14(17)13(8-11)15-10(9-18)2-1-7-19(15)12-4-5-12/h3,6,8,10,12,15H,1-2,4-5,7,9,18H2. The van der Waals surface area contributed by atoms with Crippen LogP contribution < -0.4 is 5.73 Å². The van der Waals surface area contributed by atoms with Crippen LogP contribution in [0.15, 0.2) is 22.7 Å². The second kappa shape index (κ2) is 5.51. The third-order valence-electron chi connectivity index (χ3n) is 4.39. The van der Waals surface area contributed by atoms with E-state index in [4.69, 9.17) is 5.73 Å². The third kappa shape index (κ3) is 2.71. The molecule has 2 unspecified atom stereocenters. The number of likely N-dealkylation sites (tertiary alicyclic amines) is 1. The summed E-state index contributed by atoms with van der Waals surface area (Å²) in [7, 11) is 0. The zero-order chi connectivity index (χ0) is 13.4. The summed E-state index contributed by atoms with van der Waals surface area (Å²) in [6.45, 7) is 1.72. The molecule has 2 atom stereocenters. The summed E-state index contributed by atoms with van der Waals surface area (Å²) in [5, 5.41) is 0. The first-order chi connectivity index (χ1) is 9.20. The van der Waals surface area contributed by atoms with E-state index >= 15 is 0 Å². The average Bonchev–Trinajstić information content (AvgIpc) is 3.25. The van der Waals surface area contributed by atoms with Gasteiger partial charge >= 0.3 is 0 Å². The van der Waals surface area contributed by atoms with Gasteiger partial charge in [0.05, 0.1) is 0 Å². The zero-order valence-electron chi connectivity index (χ0n) is 11.0. The highest BCUT2D eigenvalue weighted by molar-refractivity contribution is 9.10. The fourth-order valence-electron chi connectivity index (χ4n) is 3.34. The predicted octanol–water partition coefficient (Wildman–Crippen LogP) is 3.46. The van der Waals surface area contributed by atoms with Crippen molar-refractivity contribution in [3.05, 3.63) is 34.1 Å². The van der Waals surface area contributed by atoms with Gasteiger partial charge in [-0.15, -0.1) is 0 Å². The minimum absolute atomic E-state index is 0.0980. The Bertz CT molecular complexity index is 461. The Morgan fingerprint density at radius 1 is 1.32 bits per heavy atom. The van der Waals surface area contributed by atoms with E-state index in [1.165, 1.54) is 19.3 Å². The topological polar surface area (TPSA) is 29.3 Å². The van der Waals surface area contributed by atoms with Crippen molar-refractivity contribution in [1.29, 1.82) is 0 Å². The molecule has 0 amide bonds. The minimum Gasteiger partial charge on any atom is -0.330 e. The van der Waals surface area contributed by atoms with E-state index in [1.54, 1.807) is 12.1 Å². The highest BCUT2D eigenvalue weighted by Crippen LogP contribution is 2.43. The lowest BCUT2D eigenvalue weighted by atomic mass is 9.84. The van der Waals surface area contributed by atoms with Crippen LogP contribution in [0.3, 0.4) is 0 Å². The van der Waals surface area contributed by atoms with Crippen LogP contribution in [0.4, 0.5) is 4.39 Å². The van der Waals surface area contributed by atoms with Crippen molar-refractivity contribution in [2.24, 2.45) is 11.7 Å². The van der Waals surface area contributed by atoms with Gasteiger partial charge in [0.15, 0.2) is 0 Å². The molecule has 1 aliphatic heterocycles. The summed E-state index contributed by atoms with van der Waals surface area (Å²) in [5.74, 6) is 0.275. The maximum Gasteiger partial charge on any atom is 0.128 e. The van der Waals surface area contributed by atoms with E-state index in [0.717, 1.165) is 23.0 Å². The largest absolute Gasteiger partial charge is 0.330 e. The number of halogens is 2. The number of nitrogens with two attached hydrogens (primary N) is 1. The van der Waals surface area contributed by atoms with Crippen LogP contribution >= 0.6 is 15.9 Å². The lowest BCUT2D eigenvalue weighted by Gasteiger charge is -2.41. The zero-order valence-corrected chi connectivity index (χ0v) is 12.6. The molecule has 2 fully saturated rings. The first kappa shape index (κ1) is 13.5. The van der Waals surface area contributed by atoms with Gasteiger partial charge in [-0.05, 0) is 62.9 Å². The lowest BCUT2D eigenvalue weighted by molar-refractivity contribution is 0.0853. The van der Waals surface area contributed by atoms with Gasteiger partial charge in [0.1, 0.15) is 5.82 Å². The van der Waals surface area contributed by atoms with Crippen LogP contribution in [-0.4, -0.2) is 24.0 Å². The summed E-state index contributed by atoms with van der Waals surface area (Å²) in [5.41, 5.74) is 6.76. The van der Waals surface area contributed by atoms with Gasteiger partial charge in [-0.2, -0.15) is 0 Å². The van der Waals surface area contributed by atoms with E-state index in [1.807, 2.05) is 6.07 Å². The molecule has 0 spiro atoms. The fraction of sp³-hybridized carbons (Fsp3) is 0.600. The molecule has 1 aromatic rings. The maximum atomic E-state index is 14.2. The Hall–Kier alpha value is -0.450. The van der Waals surface area contributed by atoms with Crippen LogP contribution in [0.2, 0.25) is 0 Å². The van der Waals surface area contributed by atoms with Gasteiger partial charge in [0, 0.05) is 22.1 Å². The minimum atomic E-state index is -0.0980. The van der Waals surface area contributed by atoms with Crippen molar-refractivity contribution in [2.45, 2.75) is 37.8 Å². The summed E-state index contributed by atoms with van der Waals surface area (Å²) in [6, 6.07) is 6.07. The third-order valence-corrected chi connectivity index (χ3v) is 4.88. The highest BCUT2D eigenvalue weighted by Gasteiger charge is 2.40. The van der Waals surface area contributed by atoms with Gasteiger partial charge in [0.25, 0.3) is 0 Å². The Labute approximate surface area is 122 Å². The molecule has 1 aliphatic carbocycles. The molecule has 2 N–H and O–H groups in total. The number of piperidine rings is 1. The molecule has 0 aromatic heterocycles. The molecule has 3 rings (SSSR count). The highest BCUT2D eigenvalue weighted by atomic mass is 79.9. The molecule has 1 aromatic carbocycles. The van der Waals surface area contributed by atoms with Crippen molar-refractivity contribution >= 4 is 15.9 Å². The van der Waals surface area contributed by atoms with Crippen LogP contribution in [0, 0.1) is 11.7 Å². The van der Waals surface area contributed by atoms with Crippen molar-refractivity contribution < 1.29 is 4.39 Å². The molecule has 104 valence electrons. The molecule has 0 bridgehead atoms. The van der Waals surface area contributed by atoms with Gasteiger partial charge < -0.3 is 5.73 Å². The molecule has 2 nitrogen and oxygen atoms in total. The van der Waals surface area contributed by atoms with E-state index < -0.39 is 0 Å². The molecule has 4 heteroatoms. The van der Waals surface area contributed by atoms with Crippen LogP contribution in [0.5, 0.6) is 0 Å². The van der Waals surface area contributed by atoms with Crippen LogP contribution in [0.1, 0.15) is 37.3 Å². The van der Waals surface area contributed by atoms with Gasteiger partial charge in [-0.25, -0.2) is 4.39 Å². The Morgan fingerprint density at radius 3 is 2.79 bits per heavy atom. The van der Waals surface area contributed by atoms with Crippen LogP contribution in [-0.2, 0) is 0 Å². The second-order valence-electron chi connectivity index (χ2n) is 5.72. The SMILES string of the molecule is NCC1CCCN(C2CC2)C1c1cc(Br)ccc1F. The molecule has 1 saturated heterocycles. The van der Waals surface area contributed by atoms with Crippen LogP contribution in [0.25, 0.3) is 0 Å². The summed E-state index contributed by atoms with van der Waals surface area (Å²) < 4.78 is 15.2. The van der Waals surface area contributed by atoms with E-state index in [2.05, 4.69) is 20.8 Å². The first-order valence-electron chi connectivity index (χ1n) is 7.11. The Kier molecular flexibility index (Phi) is 3.92. The van der Waals surface area contributed by atoms with Crippen molar-refractivity contribution in [3.63, 3.8) is 0 Å². The molecular weight excluding hydrogens is 307 g/mol. The second-order valence-corrected chi connectivity index (χ2v) is 6.63. The van der Waals surface area contributed by atoms with E-state index in [9.17, 15) is 4.39 Å². The molecule has 1 saturated carbocycles. The number of hydrogen-bond donors (Lipinski definition) is 1. The number of benzene rings is 1. The van der Waals surface area contributed by atoms with Gasteiger partial charge in [-0.1, -0.05) is 15.9 Å². The molecular formula is C15H20BrFN2. The molecule has 1 heterocycles. The summed E-state index contributed by atoms with van der Waals surface area (Å²) in [4.78, 5) is 2.49. The van der Waals surface area contributed by atoms with Crippen molar-refractivity contribution in [1.82, 2.24) is 4.90 Å². The summed E-state index contributed by atoms with van der Waals surface area (Å²) >= 11 is 3.46. The monoisotopic (exact) mass is 326 g/mol. The quantitative estimate of drug-likeness (QED) is 0.921. The van der Waals surface area contributed by atoms with Gasteiger partial charge in [0.2, 0.25) is 0 Å². The van der Waals surface area contributed by atoms with Crippen molar-refractivity contribution in [3.8, 4) is 0 Å². The first-order valence-corrected chi connectivity index (χ1v) is 7.90. The van der Waals surface area contributed by atoms with Gasteiger partial charge in [-0.3, -0.25) is 4.90 Å². The lowest BCUT2D eigenvalue weighted by Crippen LogP contribution is -2.43. The van der Waals surface area contributed by atoms with Crippen molar-refractivity contribution in [2.75, 3.05) is 13.1 Å². The molecule has 19 heavy (non-hydrogen) atoms. The van der Waals surface area contributed by atoms with E-state index in [-0.39, 0.29) is 11.9 Å². The molecule has 0 radical (unpaired) electrons. The fourth-order valence-corrected chi connectivity index (χ4v) is 3.72. The number of nitrogens with zero attached hydrogens (tertiary/aromatic N) is 1. The predicted molar refractivity (Wildman–Crippen MR) is 78.3 cm³/mol. The normalized spacial score (nSPS) is 28.6.